The predicted octanol–water partition coefficient (Wildman–Crippen LogP) is 1.86. The fourth-order valence-electron chi connectivity index (χ4n) is 1.42. The van der Waals surface area contributed by atoms with E-state index in [-0.39, 0.29) is 5.75 Å². The summed E-state index contributed by atoms with van der Waals surface area (Å²) in [4.78, 5) is 4.11. The van der Waals surface area contributed by atoms with Crippen LogP contribution >= 0.6 is 0 Å². The van der Waals surface area contributed by atoms with Crippen molar-refractivity contribution in [3.05, 3.63) is 47.8 Å². The van der Waals surface area contributed by atoms with Gasteiger partial charge in [0.05, 0.1) is 0 Å². The van der Waals surface area contributed by atoms with Gasteiger partial charge in [0.2, 0.25) is 0 Å². The molecule has 2 aromatic rings. The molecule has 3 nitrogen and oxygen atoms in total. The number of aromatic nitrogens is 2. The number of imidazole rings is 1. The first-order chi connectivity index (χ1) is 7.16. The molecule has 0 fully saturated rings. The fraction of sp³-hybridized carbons (Fsp3) is 0.182. The van der Waals surface area contributed by atoms with Gasteiger partial charge >= 0.3 is 0 Å². The van der Waals surface area contributed by atoms with Crippen LogP contribution in [-0.4, -0.2) is 14.7 Å². The molecule has 0 unspecified atom stereocenters. The van der Waals surface area contributed by atoms with Gasteiger partial charge in [-0.3, -0.25) is 0 Å². The molecule has 4 heteroatoms. The molecule has 0 saturated heterocycles. The molecule has 1 N–H and O–H groups in total. The number of hydrogen-bond donors (Lipinski definition) is 1. The number of aromatic hydroxyl groups is 1. The molecule has 0 radical (unpaired) electrons. The van der Waals surface area contributed by atoms with Crippen molar-refractivity contribution >= 4 is 0 Å². The number of aryl methyl sites for hydroxylation is 1. The van der Waals surface area contributed by atoms with Gasteiger partial charge < -0.3 is 9.67 Å². The molecule has 1 heterocycles. The predicted molar refractivity (Wildman–Crippen MR) is 54.1 cm³/mol. The fourth-order valence-corrected chi connectivity index (χ4v) is 1.42. The maximum Gasteiger partial charge on any atom is 0.130 e. The van der Waals surface area contributed by atoms with Crippen LogP contribution < -0.4 is 0 Å². The molecule has 78 valence electrons. The van der Waals surface area contributed by atoms with Crippen molar-refractivity contribution in [2.45, 2.75) is 6.42 Å². The summed E-state index contributed by atoms with van der Waals surface area (Å²) in [5.41, 5.74) is 0.530. The van der Waals surface area contributed by atoms with E-state index in [0.717, 1.165) is 11.9 Å². The van der Waals surface area contributed by atoms with Gasteiger partial charge in [-0.25, -0.2) is 9.37 Å². The van der Waals surface area contributed by atoms with Crippen molar-refractivity contribution in [3.8, 4) is 5.75 Å². The minimum Gasteiger partial charge on any atom is -0.508 e. The van der Waals surface area contributed by atoms with Crippen LogP contribution in [0.5, 0.6) is 5.75 Å². The maximum atomic E-state index is 13.4. The molecule has 0 aliphatic heterocycles. The summed E-state index contributed by atoms with van der Waals surface area (Å²) in [5.74, 6) is 0.327. The number of nitrogens with zero attached hydrogens (tertiary/aromatic N) is 2. The van der Waals surface area contributed by atoms with Crippen LogP contribution in [-0.2, 0) is 13.5 Å². The van der Waals surface area contributed by atoms with E-state index in [1.807, 2.05) is 17.8 Å². The third-order valence-electron chi connectivity index (χ3n) is 2.31. The van der Waals surface area contributed by atoms with Gasteiger partial charge in [0.1, 0.15) is 17.4 Å². The minimum absolute atomic E-state index is 0.0592. The molecule has 1 aromatic heterocycles. The van der Waals surface area contributed by atoms with Crippen LogP contribution in [0.2, 0.25) is 0 Å². The molecule has 0 saturated carbocycles. The molecular formula is C11H11FN2O. The molecule has 0 aliphatic rings. The summed E-state index contributed by atoms with van der Waals surface area (Å²) in [6.45, 7) is 0. The second-order valence-corrected chi connectivity index (χ2v) is 3.41. The van der Waals surface area contributed by atoms with E-state index in [2.05, 4.69) is 4.98 Å². The normalized spacial score (nSPS) is 10.5. The summed E-state index contributed by atoms with van der Waals surface area (Å²) in [7, 11) is 1.86. The van der Waals surface area contributed by atoms with Crippen LogP contribution in [0, 0.1) is 5.82 Å². The van der Waals surface area contributed by atoms with E-state index >= 15 is 0 Å². The SMILES string of the molecule is Cn1ccnc1Cc1ccc(O)cc1F. The van der Waals surface area contributed by atoms with Gasteiger partial charge in [0.25, 0.3) is 0 Å². The van der Waals surface area contributed by atoms with E-state index < -0.39 is 5.82 Å². The van der Waals surface area contributed by atoms with Gasteiger partial charge in [-0.15, -0.1) is 0 Å². The third kappa shape index (κ3) is 1.98. The summed E-state index contributed by atoms with van der Waals surface area (Å²) in [6.07, 6.45) is 3.91. The number of rotatable bonds is 2. The Morgan fingerprint density at radius 3 is 2.87 bits per heavy atom. The monoisotopic (exact) mass is 206 g/mol. The van der Waals surface area contributed by atoms with Crippen LogP contribution in [0.3, 0.4) is 0 Å². The van der Waals surface area contributed by atoms with E-state index in [4.69, 9.17) is 5.11 Å². The van der Waals surface area contributed by atoms with Crippen LogP contribution in [0.1, 0.15) is 11.4 Å². The van der Waals surface area contributed by atoms with Crippen molar-refractivity contribution in [3.63, 3.8) is 0 Å². The third-order valence-corrected chi connectivity index (χ3v) is 2.31. The first-order valence-corrected chi connectivity index (χ1v) is 4.60. The summed E-state index contributed by atoms with van der Waals surface area (Å²) in [5, 5.41) is 9.06. The second kappa shape index (κ2) is 3.73. The Kier molecular flexibility index (Phi) is 2.41. The molecule has 0 bridgehead atoms. The highest BCUT2D eigenvalue weighted by atomic mass is 19.1. The smallest absolute Gasteiger partial charge is 0.130 e. The summed E-state index contributed by atoms with van der Waals surface area (Å²) in [6, 6.07) is 4.15. The van der Waals surface area contributed by atoms with Crippen LogP contribution in [0.4, 0.5) is 4.39 Å². The van der Waals surface area contributed by atoms with E-state index in [0.29, 0.717) is 12.0 Å². The lowest BCUT2D eigenvalue weighted by atomic mass is 10.1. The Labute approximate surface area is 86.8 Å². The molecule has 1 aromatic carbocycles. The lowest BCUT2D eigenvalue weighted by molar-refractivity contribution is 0.468. The number of phenols is 1. The highest BCUT2D eigenvalue weighted by molar-refractivity contribution is 5.29. The van der Waals surface area contributed by atoms with Crippen molar-refractivity contribution in [1.29, 1.82) is 0 Å². The quantitative estimate of drug-likeness (QED) is 0.814. The maximum absolute atomic E-state index is 13.4. The van der Waals surface area contributed by atoms with Crippen molar-refractivity contribution in [2.75, 3.05) is 0 Å². The molecule has 0 spiro atoms. The molecule has 2 rings (SSSR count). The summed E-state index contributed by atoms with van der Waals surface area (Å²) >= 11 is 0. The Morgan fingerprint density at radius 2 is 2.27 bits per heavy atom. The number of benzene rings is 1. The molecule has 0 atom stereocenters. The molecule has 15 heavy (non-hydrogen) atoms. The first kappa shape index (κ1) is 9.71. The molecular weight excluding hydrogens is 195 g/mol. The van der Waals surface area contributed by atoms with E-state index in [9.17, 15) is 4.39 Å². The standard InChI is InChI=1S/C11H11FN2O/c1-14-5-4-13-11(14)6-8-2-3-9(15)7-10(8)12/h2-5,7,15H,6H2,1H3. The average molecular weight is 206 g/mol. The minimum atomic E-state index is -0.405. The van der Waals surface area contributed by atoms with E-state index in [1.54, 1.807) is 12.3 Å². The molecule has 0 aliphatic carbocycles. The topological polar surface area (TPSA) is 38.0 Å². The van der Waals surface area contributed by atoms with Crippen molar-refractivity contribution < 1.29 is 9.50 Å². The van der Waals surface area contributed by atoms with Gasteiger partial charge in [-0.2, -0.15) is 0 Å². The lowest BCUT2D eigenvalue weighted by Crippen LogP contribution is -2.00. The van der Waals surface area contributed by atoms with Gasteiger partial charge in [-0.05, 0) is 11.6 Å². The zero-order chi connectivity index (χ0) is 10.8. The average Bonchev–Trinajstić information content (AvgIpc) is 2.57. The lowest BCUT2D eigenvalue weighted by Gasteiger charge is -2.03. The zero-order valence-corrected chi connectivity index (χ0v) is 8.31. The van der Waals surface area contributed by atoms with Crippen molar-refractivity contribution in [2.24, 2.45) is 7.05 Å². The molecule has 0 amide bonds. The Bertz CT molecular complexity index is 479. The van der Waals surface area contributed by atoms with E-state index in [1.165, 1.54) is 6.07 Å². The number of phenolic OH excluding ortho intramolecular Hbond substituents is 1. The Morgan fingerprint density at radius 1 is 1.47 bits per heavy atom. The second-order valence-electron chi connectivity index (χ2n) is 3.41. The van der Waals surface area contributed by atoms with Crippen LogP contribution in [0.15, 0.2) is 30.6 Å². The highest BCUT2D eigenvalue weighted by Crippen LogP contribution is 2.17. The van der Waals surface area contributed by atoms with Gasteiger partial charge in [-0.1, -0.05) is 6.07 Å². The Hall–Kier alpha value is -1.84. The largest absolute Gasteiger partial charge is 0.508 e. The van der Waals surface area contributed by atoms with Crippen LogP contribution in [0.25, 0.3) is 0 Å². The number of hydrogen-bond acceptors (Lipinski definition) is 2. The number of halogens is 1. The van der Waals surface area contributed by atoms with Gasteiger partial charge in [0, 0.05) is 31.9 Å². The Balaban J connectivity index is 2.29. The zero-order valence-electron chi connectivity index (χ0n) is 8.31. The van der Waals surface area contributed by atoms with Crippen molar-refractivity contribution in [1.82, 2.24) is 9.55 Å². The highest BCUT2D eigenvalue weighted by Gasteiger charge is 2.06. The summed E-state index contributed by atoms with van der Waals surface area (Å²) < 4.78 is 15.2. The van der Waals surface area contributed by atoms with Gasteiger partial charge in [0.15, 0.2) is 0 Å². The first-order valence-electron chi connectivity index (χ1n) is 4.60.